The lowest BCUT2D eigenvalue weighted by atomic mass is 10.1. The lowest BCUT2D eigenvalue weighted by Gasteiger charge is -2.34. The van der Waals surface area contributed by atoms with E-state index < -0.39 is 17.5 Å². The molecule has 0 aliphatic carbocycles. The number of hydrogen-bond acceptors (Lipinski definition) is 5. The summed E-state index contributed by atoms with van der Waals surface area (Å²) >= 11 is 0. The number of rotatable bonds is 6. The second-order valence-electron chi connectivity index (χ2n) is 9.51. The third kappa shape index (κ3) is 6.87. The summed E-state index contributed by atoms with van der Waals surface area (Å²) in [6, 6.07) is 54.0. The van der Waals surface area contributed by atoms with Crippen LogP contribution in [0.5, 0.6) is 0 Å². The second kappa shape index (κ2) is 13.3. The Kier molecular flexibility index (Phi) is 9.31. The molecule has 5 nitrogen and oxygen atoms in total. The minimum atomic E-state index is -4.69. The van der Waals surface area contributed by atoms with Gasteiger partial charge in [0.2, 0.25) is 0 Å². The number of ether oxygens (including phenoxy) is 1. The highest BCUT2D eigenvalue weighted by molar-refractivity contribution is 7.96. The summed E-state index contributed by atoms with van der Waals surface area (Å²) in [5.74, 6) is 1.80. The summed E-state index contributed by atoms with van der Waals surface area (Å²) in [5, 5.41) is 4.06. The smallest absolute Gasteiger partial charge is 0.134 e. The van der Waals surface area contributed by atoms with Crippen LogP contribution in [0.3, 0.4) is 0 Å². The van der Waals surface area contributed by atoms with Gasteiger partial charge in [-0.2, -0.15) is 14.0 Å². The summed E-state index contributed by atoms with van der Waals surface area (Å²) in [6.45, 7) is 0. The summed E-state index contributed by atoms with van der Waals surface area (Å²) in [6.07, 6.45) is 4.70. The van der Waals surface area contributed by atoms with Crippen molar-refractivity contribution in [1.82, 2.24) is 0 Å². The van der Waals surface area contributed by atoms with Gasteiger partial charge in [0.25, 0.3) is 0 Å². The van der Waals surface area contributed by atoms with Crippen LogP contribution in [0, 0.1) is 10.2 Å². The van der Waals surface area contributed by atoms with Crippen LogP contribution in [-0.4, -0.2) is 10.3 Å². The van der Waals surface area contributed by atoms with Crippen molar-refractivity contribution < 1.29 is 33.6 Å². The van der Waals surface area contributed by atoms with E-state index in [1.165, 1.54) is 15.9 Å². The Hall–Kier alpha value is -4.06. The molecule has 0 saturated heterocycles. The molecule has 5 aromatic rings. The van der Waals surface area contributed by atoms with Gasteiger partial charge < -0.3 is 4.74 Å². The van der Waals surface area contributed by atoms with Gasteiger partial charge in [0, 0.05) is 23.3 Å². The van der Waals surface area contributed by atoms with Gasteiger partial charge in [-0.15, -0.1) is 0 Å². The number of hydrogen-bond donors (Lipinski definition) is 1. The SMILES string of the molecule is C1=C(c2ccccc2)OC(c2ccccc2)=CC1[P+](c1ccccc1)(c1ccccc1)c1ccccc1.[O-][Cl+3]([O-])([O-])O. The van der Waals surface area contributed by atoms with E-state index in [0.29, 0.717) is 0 Å². The Morgan fingerprint density at radius 1 is 0.476 bits per heavy atom. The van der Waals surface area contributed by atoms with Gasteiger partial charge in [0.15, 0.2) is 0 Å². The van der Waals surface area contributed by atoms with Crippen LogP contribution in [0.1, 0.15) is 11.1 Å². The van der Waals surface area contributed by atoms with E-state index in [9.17, 15) is 0 Å². The zero-order chi connectivity index (χ0) is 29.4. The molecule has 1 N–H and O–H groups in total. The van der Waals surface area contributed by atoms with Gasteiger partial charge in [0.1, 0.15) is 40.4 Å². The molecule has 1 aliphatic heterocycles. The van der Waals surface area contributed by atoms with Gasteiger partial charge in [0.05, 0.1) is 14.9 Å². The van der Waals surface area contributed by atoms with E-state index in [0.717, 1.165) is 22.6 Å². The third-order valence-corrected chi connectivity index (χ3v) is 11.4. The maximum Gasteiger partial charge on any atom is 0.134 e. The molecule has 42 heavy (non-hydrogen) atoms. The Morgan fingerprint density at radius 3 is 1.02 bits per heavy atom. The highest BCUT2D eigenvalue weighted by Gasteiger charge is 2.52. The van der Waals surface area contributed by atoms with E-state index >= 15 is 0 Å². The van der Waals surface area contributed by atoms with Gasteiger partial charge in [-0.1, -0.05) is 115 Å². The fourth-order valence-electron chi connectivity index (χ4n) is 5.24. The Bertz CT molecular complexity index is 1460. The summed E-state index contributed by atoms with van der Waals surface area (Å²) in [5.41, 5.74) is 2.27. The van der Waals surface area contributed by atoms with E-state index in [-0.39, 0.29) is 5.66 Å². The molecule has 0 atom stereocenters. The van der Waals surface area contributed by atoms with Crippen LogP contribution in [-0.2, 0) is 4.74 Å². The van der Waals surface area contributed by atoms with Crippen molar-refractivity contribution in [1.29, 1.82) is 0 Å². The zero-order valence-electron chi connectivity index (χ0n) is 22.6. The van der Waals surface area contributed by atoms with Crippen molar-refractivity contribution in [3.05, 3.63) is 175 Å². The summed E-state index contributed by atoms with van der Waals surface area (Å²) < 4.78 is 39.4. The third-order valence-electron chi connectivity index (χ3n) is 6.92. The number of allylic oxidation sites excluding steroid dienone is 2. The van der Waals surface area contributed by atoms with E-state index in [1.54, 1.807) is 0 Å². The molecule has 5 aromatic carbocycles. The first-order valence-corrected chi connectivity index (χ1v) is 16.4. The van der Waals surface area contributed by atoms with Crippen LogP contribution >= 0.6 is 7.26 Å². The quantitative estimate of drug-likeness (QED) is 0.304. The predicted molar refractivity (Wildman–Crippen MR) is 161 cm³/mol. The molecule has 0 fully saturated rings. The number of halogens is 1. The van der Waals surface area contributed by atoms with Crippen LogP contribution in [0.15, 0.2) is 164 Å². The van der Waals surface area contributed by atoms with E-state index in [1.807, 2.05) is 12.1 Å². The molecule has 210 valence electrons. The van der Waals surface area contributed by atoms with Crippen LogP contribution in [0.25, 0.3) is 11.5 Å². The fraction of sp³-hybridized carbons (Fsp3) is 0.0286. The molecule has 0 bridgehead atoms. The molecule has 0 unspecified atom stereocenters. The first-order chi connectivity index (χ1) is 20.4. The average Bonchev–Trinajstić information content (AvgIpc) is 3.03. The van der Waals surface area contributed by atoms with Crippen LogP contribution in [0.2, 0.25) is 0 Å². The molecule has 6 rings (SSSR count). The second-order valence-corrected chi connectivity index (χ2v) is 13.9. The van der Waals surface area contributed by atoms with Gasteiger partial charge in [-0.05, 0) is 36.4 Å². The highest BCUT2D eigenvalue weighted by Crippen LogP contribution is 2.62. The topological polar surface area (TPSA) is 98.6 Å². The highest BCUT2D eigenvalue weighted by atomic mass is 35.7. The van der Waals surface area contributed by atoms with Gasteiger partial charge in [-0.3, -0.25) is 0 Å². The lowest BCUT2D eigenvalue weighted by molar-refractivity contribution is -1.92. The van der Waals surface area contributed by atoms with Crippen LogP contribution in [0.4, 0.5) is 0 Å². The minimum Gasteiger partial charge on any atom is -0.456 e. The maximum absolute atomic E-state index is 8.60. The van der Waals surface area contributed by atoms with E-state index in [4.69, 9.17) is 23.4 Å². The van der Waals surface area contributed by atoms with E-state index in [2.05, 4.69) is 152 Å². The summed E-state index contributed by atoms with van der Waals surface area (Å²) in [7, 11) is -6.87. The Labute approximate surface area is 248 Å². The molecule has 1 aliphatic rings. The van der Waals surface area contributed by atoms with Crippen molar-refractivity contribution >= 4 is 34.7 Å². The van der Waals surface area contributed by atoms with Crippen molar-refractivity contribution in [3.8, 4) is 0 Å². The average molecular weight is 596 g/mol. The number of benzene rings is 5. The van der Waals surface area contributed by atoms with Crippen LogP contribution < -0.4 is 29.9 Å². The first-order valence-electron chi connectivity index (χ1n) is 13.3. The predicted octanol–water partition coefficient (Wildman–Crippen LogP) is 3.34. The molecule has 0 amide bonds. The standard InChI is InChI=1S/C35H28OP.ClHO4/c1-6-16-28(17-7-1)34-26-33(27-35(36-34)29-18-8-2-9-19-29)37(30-20-10-3-11-21-30,31-22-12-4-13-23-31)32-24-14-5-15-25-32;2-1(3,4)5/h1-27,33H;(H,2,3,4,5)/q+1;. The molecule has 7 heteroatoms. The Balaban J connectivity index is 0.000000652. The molecular formula is C35H29ClO5P+. The molecule has 0 spiro atoms. The normalized spacial score (nSPS) is 13.6. The molecule has 0 saturated carbocycles. The molecule has 0 aromatic heterocycles. The van der Waals surface area contributed by atoms with Crippen molar-refractivity contribution in [2.24, 2.45) is 0 Å². The zero-order valence-corrected chi connectivity index (χ0v) is 24.2. The van der Waals surface area contributed by atoms with Crippen molar-refractivity contribution in [2.45, 2.75) is 5.66 Å². The molecule has 0 radical (unpaired) electrons. The van der Waals surface area contributed by atoms with Gasteiger partial charge in [-0.25, -0.2) is 0 Å². The monoisotopic (exact) mass is 595 g/mol. The summed E-state index contributed by atoms with van der Waals surface area (Å²) in [4.78, 5) is 0. The first kappa shape index (κ1) is 29.4. The maximum atomic E-state index is 8.60. The molecule has 1 heterocycles. The largest absolute Gasteiger partial charge is 0.456 e. The van der Waals surface area contributed by atoms with Crippen molar-refractivity contribution in [2.75, 3.05) is 0 Å². The molecular weight excluding hydrogens is 567 g/mol. The van der Waals surface area contributed by atoms with Crippen molar-refractivity contribution in [3.63, 3.8) is 0 Å². The lowest BCUT2D eigenvalue weighted by Crippen LogP contribution is -2.58. The minimum absolute atomic E-state index is 0.0962. The Morgan fingerprint density at radius 2 is 0.738 bits per heavy atom. The van der Waals surface area contributed by atoms with Gasteiger partial charge >= 0.3 is 0 Å². The fourth-order valence-corrected chi connectivity index (χ4v) is 9.81.